The molecule has 8 nitrogen and oxygen atoms in total. The number of hydrogen-bond donors (Lipinski definition) is 2. The summed E-state index contributed by atoms with van der Waals surface area (Å²) in [6, 6.07) is 2.81. The van der Waals surface area contributed by atoms with Crippen LogP contribution in [0.25, 0.3) is 0 Å². The van der Waals surface area contributed by atoms with Gasteiger partial charge in [0.25, 0.3) is 0 Å². The normalized spacial score (nSPS) is 17.2. The fraction of sp³-hybridized carbons (Fsp3) is 0.500. The minimum Gasteiger partial charge on any atom is -0.473 e. The van der Waals surface area contributed by atoms with Gasteiger partial charge in [-0.1, -0.05) is 0 Å². The number of rotatable bonds is 8. The van der Waals surface area contributed by atoms with Crippen molar-refractivity contribution in [2.24, 2.45) is 17.4 Å². The second-order valence-corrected chi connectivity index (χ2v) is 8.05. The first-order chi connectivity index (χ1) is 12.4. The van der Waals surface area contributed by atoms with Gasteiger partial charge in [-0.25, -0.2) is 17.8 Å². The Morgan fingerprint density at radius 1 is 1.38 bits per heavy atom. The Hall–Kier alpha value is -2.04. The standard InChI is InChI=1S/C16H23FN4O4S/c17-8-13(9-18)11-25-16-2-1-14(10-20-16)26(23,24)21-5-3-12(4-6-21)7-15(19)22/h1-2,8,10,12H,3-7,9,11,18H2,(H2,19,22)/b13-8-. The molecule has 1 aliphatic rings. The Labute approximate surface area is 152 Å². The first-order valence-electron chi connectivity index (χ1n) is 8.22. The Bertz CT molecular complexity index is 744. The summed E-state index contributed by atoms with van der Waals surface area (Å²) in [4.78, 5) is 15.0. The second-order valence-electron chi connectivity index (χ2n) is 6.11. The lowest BCUT2D eigenvalue weighted by Gasteiger charge is -2.30. The van der Waals surface area contributed by atoms with Crippen molar-refractivity contribution in [3.63, 3.8) is 0 Å². The van der Waals surface area contributed by atoms with Gasteiger partial charge in [-0.15, -0.1) is 0 Å². The molecular weight excluding hydrogens is 363 g/mol. The molecule has 1 fully saturated rings. The zero-order chi connectivity index (χ0) is 19.2. The second kappa shape index (κ2) is 9.06. The molecule has 1 amide bonds. The number of hydrogen-bond acceptors (Lipinski definition) is 6. The summed E-state index contributed by atoms with van der Waals surface area (Å²) in [7, 11) is -3.66. The van der Waals surface area contributed by atoms with Crippen molar-refractivity contribution in [1.29, 1.82) is 0 Å². The minimum absolute atomic E-state index is 0.0225. The monoisotopic (exact) mass is 386 g/mol. The number of nitrogens with zero attached hydrogens (tertiary/aromatic N) is 2. The number of pyridine rings is 1. The molecule has 4 N–H and O–H groups in total. The fourth-order valence-electron chi connectivity index (χ4n) is 2.69. The molecule has 10 heteroatoms. The molecule has 1 aromatic rings. The summed E-state index contributed by atoms with van der Waals surface area (Å²) in [6.07, 6.45) is 3.05. The lowest BCUT2D eigenvalue weighted by molar-refractivity contribution is -0.119. The predicted octanol–water partition coefficient (Wildman–Crippen LogP) is 0.549. The molecule has 0 unspecified atom stereocenters. The van der Waals surface area contributed by atoms with Crippen molar-refractivity contribution < 1.29 is 22.3 Å². The molecule has 0 saturated carbocycles. The number of primary amides is 1. The van der Waals surface area contributed by atoms with Crippen molar-refractivity contribution in [1.82, 2.24) is 9.29 Å². The SMILES string of the molecule is NC/C(=C/F)COc1ccc(S(=O)(=O)N2CCC(CC(N)=O)CC2)cn1. The van der Waals surface area contributed by atoms with E-state index in [0.29, 0.717) is 32.3 Å². The molecule has 2 heterocycles. The lowest BCUT2D eigenvalue weighted by atomic mass is 9.94. The highest BCUT2D eigenvalue weighted by Gasteiger charge is 2.30. The molecule has 0 bridgehead atoms. The number of aromatic nitrogens is 1. The molecule has 2 rings (SSSR count). The minimum atomic E-state index is -3.66. The van der Waals surface area contributed by atoms with E-state index in [2.05, 4.69) is 4.98 Å². The lowest BCUT2D eigenvalue weighted by Crippen LogP contribution is -2.39. The van der Waals surface area contributed by atoms with Crippen LogP contribution in [-0.2, 0) is 14.8 Å². The van der Waals surface area contributed by atoms with Crippen LogP contribution in [0.15, 0.2) is 35.1 Å². The van der Waals surface area contributed by atoms with Gasteiger partial charge >= 0.3 is 0 Å². The van der Waals surface area contributed by atoms with Crippen molar-refractivity contribution in [2.75, 3.05) is 26.2 Å². The van der Waals surface area contributed by atoms with E-state index >= 15 is 0 Å². The van der Waals surface area contributed by atoms with Gasteiger partial charge in [-0.3, -0.25) is 4.79 Å². The number of piperidine rings is 1. The molecule has 0 aliphatic carbocycles. The molecule has 144 valence electrons. The fourth-order valence-corrected chi connectivity index (χ4v) is 4.11. The summed E-state index contributed by atoms with van der Waals surface area (Å²) in [5, 5.41) is 0. The number of carbonyl (C=O) groups is 1. The molecule has 0 spiro atoms. The van der Waals surface area contributed by atoms with Gasteiger partial charge in [-0.05, 0) is 24.8 Å². The number of amides is 1. The third-order valence-corrected chi connectivity index (χ3v) is 6.11. The van der Waals surface area contributed by atoms with Gasteiger partial charge in [-0.2, -0.15) is 4.31 Å². The summed E-state index contributed by atoms with van der Waals surface area (Å²) < 4.78 is 44.4. The quantitative estimate of drug-likeness (QED) is 0.671. The highest BCUT2D eigenvalue weighted by atomic mass is 32.2. The molecule has 0 radical (unpaired) electrons. The molecule has 0 aromatic carbocycles. The van der Waals surface area contributed by atoms with Crippen molar-refractivity contribution >= 4 is 15.9 Å². The van der Waals surface area contributed by atoms with Crippen LogP contribution in [0.4, 0.5) is 4.39 Å². The van der Waals surface area contributed by atoms with Crippen LogP contribution in [0.2, 0.25) is 0 Å². The third-order valence-electron chi connectivity index (χ3n) is 4.23. The molecule has 1 aliphatic heterocycles. The summed E-state index contributed by atoms with van der Waals surface area (Å²) in [5.74, 6) is -0.0726. The predicted molar refractivity (Wildman–Crippen MR) is 93.3 cm³/mol. The zero-order valence-electron chi connectivity index (χ0n) is 14.3. The summed E-state index contributed by atoms with van der Waals surface area (Å²) >= 11 is 0. The highest BCUT2D eigenvalue weighted by Crippen LogP contribution is 2.25. The van der Waals surface area contributed by atoms with Gasteiger partial charge in [0.1, 0.15) is 11.5 Å². The van der Waals surface area contributed by atoms with Gasteiger partial charge in [0.2, 0.25) is 21.8 Å². The average molecular weight is 386 g/mol. The van der Waals surface area contributed by atoms with E-state index in [0.717, 1.165) is 0 Å². The molecule has 1 saturated heterocycles. The number of sulfonamides is 1. The first-order valence-corrected chi connectivity index (χ1v) is 9.66. The molecule has 26 heavy (non-hydrogen) atoms. The first kappa shape index (κ1) is 20.3. The van der Waals surface area contributed by atoms with Crippen LogP contribution in [0, 0.1) is 5.92 Å². The van der Waals surface area contributed by atoms with Crippen LogP contribution in [-0.4, -0.2) is 49.9 Å². The average Bonchev–Trinajstić information content (AvgIpc) is 2.63. The molecular formula is C16H23FN4O4S. The van der Waals surface area contributed by atoms with Crippen LogP contribution in [0.5, 0.6) is 5.88 Å². The van der Waals surface area contributed by atoms with E-state index in [4.69, 9.17) is 16.2 Å². The van der Waals surface area contributed by atoms with Crippen molar-refractivity contribution in [3.8, 4) is 5.88 Å². The van der Waals surface area contributed by atoms with E-state index in [1.807, 2.05) is 0 Å². The van der Waals surface area contributed by atoms with Crippen molar-refractivity contribution in [2.45, 2.75) is 24.2 Å². The maximum absolute atomic E-state index is 12.7. The van der Waals surface area contributed by atoms with E-state index in [1.165, 1.54) is 22.6 Å². The number of ether oxygens (including phenoxy) is 1. The van der Waals surface area contributed by atoms with E-state index < -0.39 is 10.0 Å². The smallest absolute Gasteiger partial charge is 0.244 e. The maximum Gasteiger partial charge on any atom is 0.244 e. The third kappa shape index (κ3) is 5.23. The van der Waals surface area contributed by atoms with Gasteiger partial charge in [0, 0.05) is 37.7 Å². The van der Waals surface area contributed by atoms with Gasteiger partial charge < -0.3 is 16.2 Å². The van der Waals surface area contributed by atoms with E-state index in [1.54, 1.807) is 0 Å². The Balaban J connectivity index is 1.98. The molecule has 0 atom stereocenters. The van der Waals surface area contributed by atoms with Gasteiger partial charge in [0.15, 0.2) is 0 Å². The summed E-state index contributed by atoms with van der Waals surface area (Å²) in [5.41, 5.74) is 10.8. The van der Waals surface area contributed by atoms with Gasteiger partial charge in [0.05, 0.1) is 12.5 Å². The Kier molecular flexibility index (Phi) is 7.06. The van der Waals surface area contributed by atoms with Crippen molar-refractivity contribution in [3.05, 3.63) is 30.2 Å². The molecule has 1 aromatic heterocycles. The maximum atomic E-state index is 12.7. The number of halogens is 1. The number of carbonyl (C=O) groups excluding carboxylic acids is 1. The highest BCUT2D eigenvalue weighted by molar-refractivity contribution is 7.89. The van der Waals surface area contributed by atoms with E-state index in [-0.39, 0.29) is 47.7 Å². The largest absolute Gasteiger partial charge is 0.473 e. The van der Waals surface area contributed by atoms with Crippen LogP contribution >= 0.6 is 0 Å². The Morgan fingerprint density at radius 2 is 2.08 bits per heavy atom. The van der Waals surface area contributed by atoms with Crippen LogP contribution in [0.3, 0.4) is 0 Å². The van der Waals surface area contributed by atoms with Crippen LogP contribution in [0.1, 0.15) is 19.3 Å². The van der Waals surface area contributed by atoms with E-state index in [9.17, 15) is 17.6 Å². The Morgan fingerprint density at radius 3 is 2.58 bits per heavy atom. The topological polar surface area (TPSA) is 129 Å². The van der Waals surface area contributed by atoms with Crippen LogP contribution < -0.4 is 16.2 Å². The summed E-state index contributed by atoms with van der Waals surface area (Å²) in [6.45, 7) is 0.632. The number of nitrogens with two attached hydrogens (primary N) is 2. The zero-order valence-corrected chi connectivity index (χ0v) is 15.1.